The fourth-order valence-corrected chi connectivity index (χ4v) is 1.45. The second-order valence-electron chi connectivity index (χ2n) is 2.98. The summed E-state index contributed by atoms with van der Waals surface area (Å²) >= 11 is 2.97. The number of hydrogen-bond acceptors (Lipinski definition) is 1. The largest absolute Gasteiger partial charge is 0.352 e. The van der Waals surface area contributed by atoms with Crippen molar-refractivity contribution in [2.24, 2.45) is 0 Å². The van der Waals surface area contributed by atoms with Gasteiger partial charge in [0, 0.05) is 23.0 Å². The average Bonchev–Trinajstić information content (AvgIpc) is 2.15. The summed E-state index contributed by atoms with van der Waals surface area (Å²) in [4.78, 5) is 10.9. The Morgan fingerprint density at radius 3 is 2.40 bits per heavy atom. The minimum atomic E-state index is -0.668. The molecule has 1 aromatic rings. The molecule has 0 unspecified atom stereocenters. The van der Waals surface area contributed by atoms with Gasteiger partial charge in [0.1, 0.15) is 11.6 Å². The van der Waals surface area contributed by atoms with Crippen molar-refractivity contribution < 1.29 is 13.6 Å². The molecule has 0 aliphatic rings. The monoisotopic (exact) mass is 277 g/mol. The Bertz CT molecular complexity index is 359. The Labute approximate surface area is 94.8 Å². The van der Waals surface area contributed by atoms with Crippen LogP contribution in [0.15, 0.2) is 16.6 Å². The number of benzene rings is 1. The molecule has 82 valence electrons. The van der Waals surface area contributed by atoms with Crippen molar-refractivity contribution in [3.8, 4) is 0 Å². The average molecular weight is 278 g/mol. The Kier molecular flexibility index (Phi) is 4.20. The van der Waals surface area contributed by atoms with Gasteiger partial charge in [-0.1, -0.05) is 22.9 Å². The SMILES string of the molecule is CCC(=O)NCc1c(F)cc(Br)cc1F. The smallest absolute Gasteiger partial charge is 0.219 e. The summed E-state index contributed by atoms with van der Waals surface area (Å²) in [7, 11) is 0. The van der Waals surface area contributed by atoms with Crippen LogP contribution in [0.2, 0.25) is 0 Å². The van der Waals surface area contributed by atoms with Crippen molar-refractivity contribution in [1.29, 1.82) is 0 Å². The van der Waals surface area contributed by atoms with Crippen LogP contribution in [-0.4, -0.2) is 5.91 Å². The van der Waals surface area contributed by atoms with Gasteiger partial charge in [0.2, 0.25) is 5.91 Å². The van der Waals surface area contributed by atoms with E-state index in [1.807, 2.05) is 0 Å². The van der Waals surface area contributed by atoms with E-state index in [2.05, 4.69) is 21.2 Å². The second kappa shape index (κ2) is 5.21. The molecular weight excluding hydrogens is 268 g/mol. The highest BCUT2D eigenvalue weighted by Gasteiger charge is 2.10. The second-order valence-corrected chi connectivity index (χ2v) is 3.89. The molecule has 1 N–H and O–H groups in total. The normalized spacial score (nSPS) is 10.1. The first-order chi connectivity index (χ1) is 7.04. The Morgan fingerprint density at radius 1 is 1.40 bits per heavy atom. The first-order valence-electron chi connectivity index (χ1n) is 4.44. The van der Waals surface area contributed by atoms with E-state index in [1.165, 1.54) is 0 Å². The van der Waals surface area contributed by atoms with Crippen molar-refractivity contribution in [3.63, 3.8) is 0 Å². The van der Waals surface area contributed by atoms with Crippen molar-refractivity contribution in [2.45, 2.75) is 19.9 Å². The van der Waals surface area contributed by atoms with Gasteiger partial charge in [-0.05, 0) is 12.1 Å². The number of hydrogen-bond donors (Lipinski definition) is 1. The molecule has 0 spiro atoms. The quantitative estimate of drug-likeness (QED) is 0.905. The molecule has 1 rings (SSSR count). The van der Waals surface area contributed by atoms with Crippen molar-refractivity contribution in [2.75, 3.05) is 0 Å². The van der Waals surface area contributed by atoms with Crippen LogP contribution in [-0.2, 0) is 11.3 Å². The third-order valence-electron chi connectivity index (χ3n) is 1.89. The van der Waals surface area contributed by atoms with E-state index in [9.17, 15) is 13.6 Å². The van der Waals surface area contributed by atoms with Crippen LogP contribution in [0, 0.1) is 11.6 Å². The summed E-state index contributed by atoms with van der Waals surface area (Å²) in [6.07, 6.45) is 0.291. The molecule has 1 amide bonds. The molecule has 2 nitrogen and oxygen atoms in total. The van der Waals surface area contributed by atoms with E-state index in [0.717, 1.165) is 12.1 Å². The Hall–Kier alpha value is -0.970. The molecule has 5 heteroatoms. The highest BCUT2D eigenvalue weighted by Crippen LogP contribution is 2.19. The van der Waals surface area contributed by atoms with Gasteiger partial charge in [0.05, 0.1) is 0 Å². The van der Waals surface area contributed by atoms with Crippen LogP contribution in [0.4, 0.5) is 8.78 Å². The van der Waals surface area contributed by atoms with E-state index in [1.54, 1.807) is 6.92 Å². The van der Waals surface area contributed by atoms with Crippen molar-refractivity contribution >= 4 is 21.8 Å². The minimum absolute atomic E-state index is 0.125. The predicted octanol–water partition coefficient (Wildman–Crippen LogP) is 2.75. The summed E-state index contributed by atoms with van der Waals surface area (Å²) in [6, 6.07) is 2.33. The lowest BCUT2D eigenvalue weighted by atomic mass is 10.2. The molecule has 15 heavy (non-hydrogen) atoms. The van der Waals surface area contributed by atoms with Crippen LogP contribution >= 0.6 is 15.9 Å². The zero-order valence-corrected chi connectivity index (χ0v) is 9.70. The lowest BCUT2D eigenvalue weighted by molar-refractivity contribution is -0.120. The first-order valence-corrected chi connectivity index (χ1v) is 5.24. The lowest BCUT2D eigenvalue weighted by Crippen LogP contribution is -2.22. The summed E-state index contributed by atoms with van der Waals surface area (Å²) in [6.45, 7) is 1.54. The van der Waals surface area contributed by atoms with E-state index in [0.29, 0.717) is 10.9 Å². The lowest BCUT2D eigenvalue weighted by Gasteiger charge is -2.06. The maximum Gasteiger partial charge on any atom is 0.219 e. The summed E-state index contributed by atoms with van der Waals surface area (Å²) < 4.78 is 26.8. The Balaban J connectivity index is 2.81. The van der Waals surface area contributed by atoms with Crippen LogP contribution in [0.5, 0.6) is 0 Å². The molecule has 0 saturated heterocycles. The molecule has 0 aliphatic heterocycles. The third kappa shape index (κ3) is 3.27. The summed E-state index contributed by atoms with van der Waals surface area (Å²) in [5.41, 5.74) is -0.125. The van der Waals surface area contributed by atoms with Crippen LogP contribution in [0.25, 0.3) is 0 Å². The Morgan fingerprint density at radius 2 is 1.93 bits per heavy atom. The predicted molar refractivity (Wildman–Crippen MR) is 56.2 cm³/mol. The zero-order chi connectivity index (χ0) is 11.4. The van der Waals surface area contributed by atoms with Gasteiger partial charge in [-0.2, -0.15) is 0 Å². The number of rotatable bonds is 3. The molecule has 0 fully saturated rings. The van der Waals surface area contributed by atoms with Gasteiger partial charge in [0.15, 0.2) is 0 Å². The number of carbonyl (C=O) groups excluding carboxylic acids is 1. The highest BCUT2D eigenvalue weighted by molar-refractivity contribution is 9.10. The van der Waals surface area contributed by atoms with Gasteiger partial charge >= 0.3 is 0 Å². The van der Waals surface area contributed by atoms with Crippen LogP contribution in [0.3, 0.4) is 0 Å². The maximum atomic E-state index is 13.2. The van der Waals surface area contributed by atoms with E-state index in [4.69, 9.17) is 0 Å². The molecule has 0 atom stereocenters. The molecule has 0 radical (unpaired) electrons. The number of nitrogens with one attached hydrogen (secondary N) is 1. The van der Waals surface area contributed by atoms with Gasteiger partial charge in [-0.25, -0.2) is 8.78 Å². The van der Waals surface area contributed by atoms with E-state index < -0.39 is 11.6 Å². The van der Waals surface area contributed by atoms with Crippen molar-refractivity contribution in [3.05, 3.63) is 33.8 Å². The standard InChI is InChI=1S/C10H10BrF2NO/c1-2-10(15)14-5-7-8(12)3-6(11)4-9(7)13/h3-4H,2,5H2,1H3,(H,14,15). The first kappa shape index (κ1) is 12.1. The number of carbonyl (C=O) groups is 1. The third-order valence-corrected chi connectivity index (χ3v) is 2.35. The fourth-order valence-electron chi connectivity index (χ4n) is 1.05. The molecule has 0 bridgehead atoms. The number of halogens is 3. The summed E-state index contributed by atoms with van der Waals surface area (Å²) in [5, 5.41) is 2.42. The molecule has 0 aliphatic carbocycles. The maximum absolute atomic E-state index is 13.2. The number of amides is 1. The zero-order valence-electron chi connectivity index (χ0n) is 8.11. The molecule has 0 saturated carbocycles. The van der Waals surface area contributed by atoms with Crippen LogP contribution in [0.1, 0.15) is 18.9 Å². The van der Waals surface area contributed by atoms with Gasteiger partial charge in [-0.15, -0.1) is 0 Å². The fraction of sp³-hybridized carbons (Fsp3) is 0.300. The summed E-state index contributed by atoms with van der Waals surface area (Å²) in [5.74, 6) is -1.58. The van der Waals surface area contributed by atoms with Gasteiger partial charge < -0.3 is 5.32 Å². The van der Waals surface area contributed by atoms with Crippen molar-refractivity contribution in [1.82, 2.24) is 5.32 Å². The molecule has 0 heterocycles. The van der Waals surface area contributed by atoms with Crippen LogP contribution < -0.4 is 5.32 Å². The van der Waals surface area contributed by atoms with Gasteiger partial charge in [-0.3, -0.25) is 4.79 Å². The molecule has 0 aromatic heterocycles. The minimum Gasteiger partial charge on any atom is -0.352 e. The highest BCUT2D eigenvalue weighted by atomic mass is 79.9. The topological polar surface area (TPSA) is 29.1 Å². The molecular formula is C10H10BrF2NO. The van der Waals surface area contributed by atoms with Gasteiger partial charge in [0.25, 0.3) is 0 Å². The van der Waals surface area contributed by atoms with E-state index in [-0.39, 0.29) is 18.0 Å². The van der Waals surface area contributed by atoms with E-state index >= 15 is 0 Å². The molecule has 1 aromatic carbocycles.